The predicted molar refractivity (Wildman–Crippen MR) is 105 cm³/mol. The van der Waals surface area contributed by atoms with Gasteiger partial charge < -0.3 is 19.5 Å². The van der Waals surface area contributed by atoms with Crippen molar-refractivity contribution in [1.29, 1.82) is 0 Å². The molecule has 0 unspecified atom stereocenters. The van der Waals surface area contributed by atoms with Crippen molar-refractivity contribution in [3.8, 4) is 11.5 Å². The number of nitro benzene ring substituents is 1. The molecule has 0 aromatic heterocycles. The van der Waals surface area contributed by atoms with Crippen LogP contribution in [0.5, 0.6) is 11.5 Å². The largest absolute Gasteiger partial charge is 0.495 e. The van der Waals surface area contributed by atoms with Crippen LogP contribution in [-0.2, 0) is 9.53 Å². The number of hydrogen-bond donors (Lipinski definition) is 1. The van der Waals surface area contributed by atoms with Crippen LogP contribution in [0.4, 0.5) is 11.4 Å². The summed E-state index contributed by atoms with van der Waals surface area (Å²) in [4.78, 5) is 34.6. The Bertz CT molecular complexity index is 896. The van der Waals surface area contributed by atoms with Crippen LogP contribution in [0, 0.1) is 16.0 Å². The van der Waals surface area contributed by atoms with Crippen LogP contribution in [0.2, 0.25) is 0 Å². The molecular weight excluding hydrogens is 380 g/mol. The van der Waals surface area contributed by atoms with Gasteiger partial charge in [0.05, 0.1) is 29.9 Å². The minimum absolute atomic E-state index is 0.104. The summed E-state index contributed by atoms with van der Waals surface area (Å²) in [5.41, 5.74) is 0.134. The molecule has 0 saturated heterocycles. The molecule has 9 heteroatoms. The normalized spacial score (nSPS) is 10.3. The fourth-order valence-electron chi connectivity index (χ4n) is 2.28. The summed E-state index contributed by atoms with van der Waals surface area (Å²) in [5.74, 6) is -0.255. The lowest BCUT2D eigenvalue weighted by Gasteiger charge is -2.11. The van der Waals surface area contributed by atoms with Gasteiger partial charge in [0, 0.05) is 12.1 Å². The number of benzene rings is 2. The smallest absolute Gasteiger partial charge is 0.338 e. The van der Waals surface area contributed by atoms with Crippen LogP contribution in [-0.4, -0.2) is 37.1 Å². The first-order valence-corrected chi connectivity index (χ1v) is 8.82. The lowest BCUT2D eigenvalue weighted by Crippen LogP contribution is -2.21. The van der Waals surface area contributed by atoms with Gasteiger partial charge in [0.2, 0.25) is 0 Å². The Hall–Kier alpha value is -3.62. The first-order chi connectivity index (χ1) is 13.8. The SMILES string of the molecule is COc1ccc([N+](=O)[O-])cc1NC(=O)COC(=O)c1cccc(OCC(C)C)c1. The maximum Gasteiger partial charge on any atom is 0.338 e. The topological polar surface area (TPSA) is 117 Å². The second-order valence-corrected chi connectivity index (χ2v) is 6.50. The van der Waals surface area contributed by atoms with E-state index in [1.165, 1.54) is 25.3 Å². The van der Waals surface area contributed by atoms with Gasteiger partial charge in [-0.1, -0.05) is 19.9 Å². The highest BCUT2D eigenvalue weighted by Crippen LogP contribution is 2.28. The van der Waals surface area contributed by atoms with E-state index >= 15 is 0 Å². The summed E-state index contributed by atoms with van der Waals surface area (Å²) in [7, 11) is 1.37. The zero-order chi connectivity index (χ0) is 21.4. The van der Waals surface area contributed by atoms with E-state index in [-0.39, 0.29) is 22.7 Å². The summed E-state index contributed by atoms with van der Waals surface area (Å²) < 4.78 is 15.6. The van der Waals surface area contributed by atoms with Crippen molar-refractivity contribution in [2.75, 3.05) is 25.6 Å². The number of amides is 1. The first kappa shape index (κ1) is 21.7. The number of nitrogens with zero attached hydrogens (tertiary/aromatic N) is 1. The molecule has 0 aliphatic carbocycles. The Morgan fingerprint density at radius 1 is 1.17 bits per heavy atom. The maximum atomic E-state index is 12.2. The lowest BCUT2D eigenvalue weighted by molar-refractivity contribution is -0.384. The highest BCUT2D eigenvalue weighted by Gasteiger charge is 2.16. The van der Waals surface area contributed by atoms with Gasteiger partial charge in [-0.2, -0.15) is 0 Å². The van der Waals surface area contributed by atoms with Gasteiger partial charge in [-0.25, -0.2) is 4.79 Å². The Labute approximate surface area is 167 Å². The monoisotopic (exact) mass is 402 g/mol. The molecule has 2 aromatic rings. The van der Waals surface area contributed by atoms with Crippen LogP contribution in [0.1, 0.15) is 24.2 Å². The number of rotatable bonds is 9. The van der Waals surface area contributed by atoms with Gasteiger partial charge in [-0.05, 0) is 30.2 Å². The number of nitrogens with one attached hydrogen (secondary N) is 1. The van der Waals surface area contributed by atoms with Gasteiger partial charge in [-0.3, -0.25) is 14.9 Å². The summed E-state index contributed by atoms with van der Waals surface area (Å²) in [5, 5.41) is 13.3. The zero-order valence-electron chi connectivity index (χ0n) is 16.3. The number of esters is 1. The molecule has 0 atom stereocenters. The summed E-state index contributed by atoms with van der Waals surface area (Å²) >= 11 is 0. The summed E-state index contributed by atoms with van der Waals surface area (Å²) in [6.45, 7) is 3.95. The Morgan fingerprint density at radius 2 is 1.93 bits per heavy atom. The van der Waals surface area contributed by atoms with Crippen molar-refractivity contribution in [3.63, 3.8) is 0 Å². The van der Waals surface area contributed by atoms with E-state index in [9.17, 15) is 19.7 Å². The number of methoxy groups -OCH3 is 1. The fraction of sp³-hybridized carbons (Fsp3) is 0.300. The van der Waals surface area contributed by atoms with Gasteiger partial charge in [-0.15, -0.1) is 0 Å². The molecule has 154 valence electrons. The van der Waals surface area contributed by atoms with E-state index in [4.69, 9.17) is 14.2 Å². The van der Waals surface area contributed by atoms with Crippen molar-refractivity contribution < 1.29 is 28.7 Å². The Kier molecular flexibility index (Phi) is 7.53. The van der Waals surface area contributed by atoms with E-state index in [2.05, 4.69) is 5.32 Å². The molecule has 1 N–H and O–H groups in total. The number of nitro groups is 1. The Balaban J connectivity index is 1.97. The van der Waals surface area contributed by atoms with Crippen LogP contribution >= 0.6 is 0 Å². The van der Waals surface area contributed by atoms with Crippen molar-refractivity contribution in [1.82, 2.24) is 0 Å². The number of anilines is 1. The molecular formula is C20H22N2O7. The predicted octanol–water partition coefficient (Wildman–Crippen LogP) is 3.43. The minimum Gasteiger partial charge on any atom is -0.495 e. The van der Waals surface area contributed by atoms with Crippen LogP contribution in [0.25, 0.3) is 0 Å². The fourth-order valence-corrected chi connectivity index (χ4v) is 2.28. The molecule has 0 aliphatic heterocycles. The van der Waals surface area contributed by atoms with E-state index < -0.39 is 23.4 Å². The highest BCUT2D eigenvalue weighted by atomic mass is 16.6. The third-order valence-corrected chi connectivity index (χ3v) is 3.66. The molecule has 2 rings (SSSR count). The molecule has 0 aliphatic rings. The van der Waals surface area contributed by atoms with Crippen molar-refractivity contribution in [3.05, 3.63) is 58.1 Å². The van der Waals surface area contributed by atoms with Crippen molar-refractivity contribution in [2.45, 2.75) is 13.8 Å². The number of carbonyl (C=O) groups is 2. The maximum absolute atomic E-state index is 12.2. The Morgan fingerprint density at radius 3 is 2.59 bits per heavy atom. The second-order valence-electron chi connectivity index (χ2n) is 6.50. The van der Waals surface area contributed by atoms with E-state index in [1.807, 2.05) is 13.8 Å². The van der Waals surface area contributed by atoms with Gasteiger partial charge in [0.15, 0.2) is 6.61 Å². The minimum atomic E-state index is -0.693. The average Bonchev–Trinajstić information content (AvgIpc) is 2.70. The quantitative estimate of drug-likeness (QED) is 0.388. The molecule has 0 fully saturated rings. The van der Waals surface area contributed by atoms with Crippen LogP contribution in [0.3, 0.4) is 0 Å². The van der Waals surface area contributed by atoms with E-state index in [0.717, 1.165) is 6.07 Å². The third-order valence-electron chi connectivity index (χ3n) is 3.66. The molecule has 0 heterocycles. The molecule has 0 radical (unpaired) electrons. The molecule has 0 spiro atoms. The number of non-ortho nitro benzene ring substituents is 1. The molecule has 1 amide bonds. The molecule has 0 bridgehead atoms. The number of hydrogen-bond acceptors (Lipinski definition) is 7. The summed E-state index contributed by atoms with van der Waals surface area (Å²) in [6, 6.07) is 10.2. The zero-order valence-corrected chi connectivity index (χ0v) is 16.3. The van der Waals surface area contributed by atoms with Gasteiger partial charge >= 0.3 is 5.97 Å². The van der Waals surface area contributed by atoms with Crippen molar-refractivity contribution in [2.24, 2.45) is 5.92 Å². The first-order valence-electron chi connectivity index (χ1n) is 8.82. The summed E-state index contributed by atoms with van der Waals surface area (Å²) in [6.07, 6.45) is 0. The van der Waals surface area contributed by atoms with Crippen LogP contribution in [0.15, 0.2) is 42.5 Å². The third kappa shape index (κ3) is 6.49. The van der Waals surface area contributed by atoms with Crippen molar-refractivity contribution >= 4 is 23.3 Å². The molecule has 2 aromatic carbocycles. The van der Waals surface area contributed by atoms with Gasteiger partial charge in [0.25, 0.3) is 11.6 Å². The standard InChI is InChI=1S/C20H22N2O7/c1-13(2)11-28-16-6-4-5-14(9-16)20(24)29-12-19(23)21-17-10-15(22(25)26)7-8-18(17)27-3/h4-10,13H,11-12H2,1-3H3,(H,21,23). The molecule has 29 heavy (non-hydrogen) atoms. The molecule has 0 saturated carbocycles. The lowest BCUT2D eigenvalue weighted by atomic mass is 10.2. The average molecular weight is 402 g/mol. The number of carbonyl (C=O) groups excluding carboxylic acids is 2. The second kappa shape index (κ2) is 10.1. The highest BCUT2D eigenvalue weighted by molar-refractivity contribution is 5.96. The van der Waals surface area contributed by atoms with Gasteiger partial charge in [0.1, 0.15) is 11.5 Å². The molecule has 9 nitrogen and oxygen atoms in total. The number of ether oxygens (including phenoxy) is 3. The van der Waals surface area contributed by atoms with E-state index in [0.29, 0.717) is 18.3 Å². The van der Waals surface area contributed by atoms with E-state index in [1.54, 1.807) is 18.2 Å². The van der Waals surface area contributed by atoms with Crippen LogP contribution < -0.4 is 14.8 Å².